The van der Waals surface area contributed by atoms with Crippen molar-refractivity contribution in [2.24, 2.45) is 11.8 Å². The molecule has 0 amide bonds. The normalized spacial score (nSPS) is 24.0. The molecule has 2 heterocycles. The molecule has 6 heteroatoms. The van der Waals surface area contributed by atoms with Crippen LogP contribution in [0.1, 0.15) is 38.1 Å². The summed E-state index contributed by atoms with van der Waals surface area (Å²) in [5.41, 5.74) is 2.61. The number of benzene rings is 1. The van der Waals surface area contributed by atoms with Gasteiger partial charge in [0.2, 0.25) is 0 Å². The van der Waals surface area contributed by atoms with Crippen molar-refractivity contribution in [3.05, 3.63) is 41.6 Å². The number of hydrogen-bond acceptors (Lipinski definition) is 4. The van der Waals surface area contributed by atoms with E-state index in [-0.39, 0.29) is 6.79 Å². The van der Waals surface area contributed by atoms with Gasteiger partial charge in [0.05, 0.1) is 5.69 Å². The lowest BCUT2D eigenvalue weighted by Gasteiger charge is -2.29. The SMILES string of the molecule is COCOc1cc(Cl)ccc1-c1cc2ccn(C3CC4CC[C@@H](C4)C3)c2nn1. The van der Waals surface area contributed by atoms with Gasteiger partial charge >= 0.3 is 0 Å². The lowest BCUT2D eigenvalue weighted by molar-refractivity contribution is 0.0515. The quantitative estimate of drug-likeness (QED) is 0.534. The summed E-state index contributed by atoms with van der Waals surface area (Å²) >= 11 is 6.14. The minimum absolute atomic E-state index is 0.156. The van der Waals surface area contributed by atoms with Crippen LogP contribution in [0.15, 0.2) is 36.5 Å². The fourth-order valence-electron chi connectivity index (χ4n) is 5.03. The van der Waals surface area contributed by atoms with E-state index in [4.69, 9.17) is 21.1 Å². The first kappa shape index (κ1) is 18.0. The van der Waals surface area contributed by atoms with Gasteiger partial charge in [-0.3, -0.25) is 0 Å². The zero-order valence-corrected chi connectivity index (χ0v) is 16.7. The second-order valence-corrected chi connectivity index (χ2v) is 8.53. The lowest BCUT2D eigenvalue weighted by atomic mass is 9.85. The smallest absolute Gasteiger partial charge is 0.188 e. The van der Waals surface area contributed by atoms with Gasteiger partial charge in [0.25, 0.3) is 0 Å². The maximum absolute atomic E-state index is 6.14. The van der Waals surface area contributed by atoms with Crippen LogP contribution in [0.4, 0.5) is 0 Å². The number of ether oxygens (including phenoxy) is 2. The second kappa shape index (κ2) is 7.37. The molecule has 2 fully saturated rings. The van der Waals surface area contributed by atoms with Crippen molar-refractivity contribution in [3.63, 3.8) is 0 Å². The molecule has 0 radical (unpaired) electrons. The molecule has 5 nitrogen and oxygen atoms in total. The Morgan fingerprint density at radius 2 is 1.89 bits per heavy atom. The topological polar surface area (TPSA) is 49.2 Å². The zero-order chi connectivity index (χ0) is 19.1. The fourth-order valence-corrected chi connectivity index (χ4v) is 5.19. The molecule has 5 rings (SSSR count). The molecule has 3 aromatic rings. The Morgan fingerprint density at radius 3 is 2.68 bits per heavy atom. The van der Waals surface area contributed by atoms with Crippen molar-refractivity contribution in [3.8, 4) is 17.0 Å². The van der Waals surface area contributed by atoms with E-state index >= 15 is 0 Å². The van der Waals surface area contributed by atoms with Crippen LogP contribution in [-0.2, 0) is 4.74 Å². The molecule has 2 saturated carbocycles. The summed E-state index contributed by atoms with van der Waals surface area (Å²) in [5.74, 6) is 2.43. The molecule has 2 aliphatic carbocycles. The van der Waals surface area contributed by atoms with Crippen molar-refractivity contribution < 1.29 is 9.47 Å². The average Bonchev–Trinajstić information content (AvgIpc) is 3.28. The van der Waals surface area contributed by atoms with Gasteiger partial charge in [0.15, 0.2) is 12.4 Å². The number of halogens is 1. The first-order chi connectivity index (χ1) is 13.7. The molecule has 3 atom stereocenters. The van der Waals surface area contributed by atoms with Gasteiger partial charge in [-0.15, -0.1) is 10.2 Å². The molecule has 0 spiro atoms. The third kappa shape index (κ3) is 3.27. The number of fused-ring (bicyclic) bond motifs is 3. The van der Waals surface area contributed by atoms with Gasteiger partial charge in [0, 0.05) is 35.3 Å². The number of hydrogen-bond donors (Lipinski definition) is 0. The summed E-state index contributed by atoms with van der Waals surface area (Å²) in [6.07, 6.45) is 8.95. The van der Waals surface area contributed by atoms with E-state index in [0.29, 0.717) is 16.8 Å². The minimum atomic E-state index is 0.156. The van der Waals surface area contributed by atoms with Gasteiger partial charge in [0.1, 0.15) is 5.75 Å². The molecule has 1 aromatic carbocycles. The molecule has 2 bridgehead atoms. The molecule has 0 aliphatic heterocycles. The van der Waals surface area contributed by atoms with Gasteiger partial charge in [-0.25, -0.2) is 0 Å². The van der Waals surface area contributed by atoms with Crippen LogP contribution in [0.2, 0.25) is 5.02 Å². The fraction of sp³-hybridized carbons (Fsp3) is 0.455. The number of nitrogens with zero attached hydrogens (tertiary/aromatic N) is 3. The summed E-state index contributed by atoms with van der Waals surface area (Å²) in [6, 6.07) is 10.3. The van der Waals surface area contributed by atoms with Crippen molar-refractivity contribution >= 4 is 22.6 Å². The van der Waals surface area contributed by atoms with Gasteiger partial charge in [-0.2, -0.15) is 0 Å². The highest BCUT2D eigenvalue weighted by Gasteiger charge is 2.35. The summed E-state index contributed by atoms with van der Waals surface area (Å²) in [4.78, 5) is 0. The van der Waals surface area contributed by atoms with Crippen molar-refractivity contribution in [2.75, 3.05) is 13.9 Å². The Labute approximate surface area is 169 Å². The Balaban J connectivity index is 1.48. The minimum Gasteiger partial charge on any atom is -0.467 e. The number of rotatable bonds is 5. The Kier molecular flexibility index (Phi) is 4.73. The van der Waals surface area contributed by atoms with Crippen LogP contribution in [-0.4, -0.2) is 28.7 Å². The Bertz CT molecular complexity index is 991. The first-order valence-corrected chi connectivity index (χ1v) is 10.3. The summed E-state index contributed by atoms with van der Waals surface area (Å²) in [6.45, 7) is 0.156. The molecule has 28 heavy (non-hydrogen) atoms. The van der Waals surface area contributed by atoms with Gasteiger partial charge < -0.3 is 14.0 Å². The molecular weight excluding hydrogens is 374 g/mol. The third-order valence-electron chi connectivity index (χ3n) is 6.27. The van der Waals surface area contributed by atoms with E-state index in [1.807, 2.05) is 12.1 Å². The maximum Gasteiger partial charge on any atom is 0.188 e. The van der Waals surface area contributed by atoms with Crippen LogP contribution < -0.4 is 4.74 Å². The van der Waals surface area contributed by atoms with Crippen LogP contribution in [0.3, 0.4) is 0 Å². The Hall–Kier alpha value is -2.11. The van der Waals surface area contributed by atoms with Crippen LogP contribution in [0.5, 0.6) is 5.75 Å². The van der Waals surface area contributed by atoms with Crippen LogP contribution >= 0.6 is 11.6 Å². The van der Waals surface area contributed by atoms with E-state index in [1.165, 1.54) is 32.1 Å². The highest BCUT2D eigenvalue weighted by atomic mass is 35.5. The second-order valence-electron chi connectivity index (χ2n) is 8.09. The van der Waals surface area contributed by atoms with Crippen molar-refractivity contribution in [1.29, 1.82) is 0 Å². The van der Waals surface area contributed by atoms with Gasteiger partial charge in [-0.05, 0) is 61.4 Å². The predicted octanol–water partition coefficient (Wildman–Crippen LogP) is 5.49. The molecular formula is C22H24ClN3O2. The molecule has 146 valence electrons. The van der Waals surface area contributed by atoms with Crippen LogP contribution in [0.25, 0.3) is 22.3 Å². The molecule has 0 saturated heterocycles. The van der Waals surface area contributed by atoms with Crippen LogP contribution in [0, 0.1) is 11.8 Å². The number of aromatic nitrogens is 3. The molecule has 0 N–H and O–H groups in total. The summed E-state index contributed by atoms with van der Waals surface area (Å²) in [5, 5.41) is 10.8. The van der Waals surface area contributed by atoms with E-state index in [1.54, 1.807) is 13.2 Å². The summed E-state index contributed by atoms with van der Waals surface area (Å²) < 4.78 is 13.1. The average molecular weight is 398 g/mol. The predicted molar refractivity (Wildman–Crippen MR) is 110 cm³/mol. The standard InChI is InChI=1S/C22H24ClN3O2/c1-27-13-28-21-12-17(23)4-5-19(21)20-11-16-6-7-26(22(16)25-24-20)18-9-14-2-3-15(8-14)10-18/h4-7,11-12,14-15,18H,2-3,8-10,13H2,1H3/t14-,15?,18?/m0/s1. The van der Waals surface area contributed by atoms with Crippen molar-refractivity contribution in [2.45, 2.75) is 38.1 Å². The highest BCUT2D eigenvalue weighted by Crippen LogP contribution is 2.47. The molecule has 2 aliphatic rings. The number of methoxy groups -OCH3 is 1. The Morgan fingerprint density at radius 1 is 1.07 bits per heavy atom. The highest BCUT2D eigenvalue weighted by molar-refractivity contribution is 6.30. The van der Waals surface area contributed by atoms with E-state index in [9.17, 15) is 0 Å². The molecule has 2 aromatic heterocycles. The molecule has 2 unspecified atom stereocenters. The monoisotopic (exact) mass is 397 g/mol. The zero-order valence-electron chi connectivity index (χ0n) is 16.0. The lowest BCUT2D eigenvalue weighted by Crippen LogP contribution is -2.19. The third-order valence-corrected chi connectivity index (χ3v) is 6.50. The van der Waals surface area contributed by atoms with Crippen molar-refractivity contribution in [1.82, 2.24) is 14.8 Å². The van der Waals surface area contributed by atoms with Gasteiger partial charge in [-0.1, -0.05) is 24.4 Å². The van der Waals surface area contributed by atoms with E-state index in [2.05, 4.69) is 33.1 Å². The van der Waals surface area contributed by atoms with E-state index < -0.39 is 0 Å². The largest absolute Gasteiger partial charge is 0.467 e. The first-order valence-electron chi connectivity index (χ1n) is 9.97. The van der Waals surface area contributed by atoms with E-state index in [0.717, 1.165) is 34.1 Å². The maximum atomic E-state index is 6.14. The summed E-state index contributed by atoms with van der Waals surface area (Å²) in [7, 11) is 1.59.